The Labute approximate surface area is 158 Å². The van der Waals surface area contributed by atoms with Gasteiger partial charge in [-0.2, -0.15) is 0 Å². The predicted octanol–water partition coefficient (Wildman–Crippen LogP) is 1.30. The topological polar surface area (TPSA) is 96.4 Å². The first-order valence-electron chi connectivity index (χ1n) is 8.85. The third-order valence-corrected chi connectivity index (χ3v) is 4.26. The highest BCUT2D eigenvalue weighted by molar-refractivity contribution is 5.99. The van der Waals surface area contributed by atoms with Crippen LogP contribution in [0, 0.1) is 13.8 Å². The van der Waals surface area contributed by atoms with Crippen LogP contribution in [0.5, 0.6) is 0 Å². The van der Waals surface area contributed by atoms with Crippen LogP contribution < -0.4 is 15.5 Å². The molecule has 1 aliphatic heterocycles. The zero-order chi connectivity index (χ0) is 19.2. The number of benzene rings is 1. The van der Waals surface area contributed by atoms with Crippen LogP contribution in [-0.2, 0) is 9.53 Å². The van der Waals surface area contributed by atoms with Gasteiger partial charge in [0.15, 0.2) is 0 Å². The SMILES string of the molecule is Cc1nc(N2CCOCC2)nc(C)c1NC(=O)CNC(=O)c1ccccc1. The number of ether oxygens (including phenoxy) is 1. The first-order valence-corrected chi connectivity index (χ1v) is 8.85. The Balaban J connectivity index is 1.61. The third-order valence-electron chi connectivity index (χ3n) is 4.26. The summed E-state index contributed by atoms with van der Waals surface area (Å²) >= 11 is 0. The molecule has 0 spiro atoms. The summed E-state index contributed by atoms with van der Waals surface area (Å²) < 4.78 is 5.35. The van der Waals surface area contributed by atoms with E-state index in [9.17, 15) is 9.59 Å². The Hall–Kier alpha value is -3.00. The number of carbonyl (C=O) groups is 2. The third kappa shape index (κ3) is 4.79. The fourth-order valence-electron chi connectivity index (χ4n) is 2.82. The van der Waals surface area contributed by atoms with Crippen molar-refractivity contribution >= 4 is 23.5 Å². The molecule has 0 aliphatic carbocycles. The Bertz CT molecular complexity index is 796. The molecule has 1 fully saturated rings. The quantitative estimate of drug-likeness (QED) is 0.825. The van der Waals surface area contributed by atoms with Crippen LogP contribution in [0.25, 0.3) is 0 Å². The van der Waals surface area contributed by atoms with Crippen LogP contribution in [-0.4, -0.2) is 54.6 Å². The predicted molar refractivity (Wildman–Crippen MR) is 102 cm³/mol. The van der Waals surface area contributed by atoms with Crippen molar-refractivity contribution in [3.63, 3.8) is 0 Å². The van der Waals surface area contributed by atoms with Gasteiger partial charge in [0, 0.05) is 18.7 Å². The lowest BCUT2D eigenvalue weighted by atomic mass is 10.2. The Morgan fingerprint density at radius 2 is 1.70 bits per heavy atom. The second kappa shape index (κ2) is 8.59. The van der Waals surface area contributed by atoms with Gasteiger partial charge in [0.1, 0.15) is 0 Å². The summed E-state index contributed by atoms with van der Waals surface area (Å²) in [5.41, 5.74) is 2.46. The first-order chi connectivity index (χ1) is 13.0. The van der Waals surface area contributed by atoms with Crippen molar-refractivity contribution in [3.05, 3.63) is 47.3 Å². The standard InChI is InChI=1S/C19H23N5O3/c1-13-17(14(2)22-19(21-13)24-8-10-27-11-9-24)23-16(25)12-20-18(26)15-6-4-3-5-7-15/h3-7H,8-12H2,1-2H3,(H,20,26)(H,23,25). The second-order valence-electron chi connectivity index (χ2n) is 6.27. The van der Waals surface area contributed by atoms with E-state index in [1.807, 2.05) is 19.9 Å². The maximum atomic E-state index is 12.2. The van der Waals surface area contributed by atoms with E-state index in [-0.39, 0.29) is 18.4 Å². The summed E-state index contributed by atoms with van der Waals surface area (Å²) in [5, 5.41) is 5.40. The van der Waals surface area contributed by atoms with E-state index in [4.69, 9.17) is 4.74 Å². The zero-order valence-corrected chi connectivity index (χ0v) is 15.5. The first kappa shape index (κ1) is 18.8. The van der Waals surface area contributed by atoms with E-state index in [0.717, 1.165) is 13.1 Å². The Kier molecular flexibility index (Phi) is 5.97. The van der Waals surface area contributed by atoms with Crippen LogP contribution in [0.15, 0.2) is 30.3 Å². The number of nitrogens with one attached hydrogen (secondary N) is 2. The number of carbonyl (C=O) groups excluding carboxylic acids is 2. The highest BCUT2D eigenvalue weighted by atomic mass is 16.5. The second-order valence-corrected chi connectivity index (χ2v) is 6.27. The van der Waals surface area contributed by atoms with E-state index in [2.05, 4.69) is 25.5 Å². The van der Waals surface area contributed by atoms with E-state index in [0.29, 0.717) is 41.8 Å². The molecule has 1 aromatic heterocycles. The average molecular weight is 369 g/mol. The van der Waals surface area contributed by atoms with E-state index < -0.39 is 0 Å². The molecule has 3 rings (SSSR count). The van der Waals surface area contributed by atoms with Gasteiger partial charge in [0.25, 0.3) is 5.91 Å². The number of amides is 2. The van der Waals surface area contributed by atoms with Gasteiger partial charge in [0.2, 0.25) is 11.9 Å². The normalized spacial score (nSPS) is 13.9. The van der Waals surface area contributed by atoms with Crippen LogP contribution in [0.4, 0.5) is 11.6 Å². The molecule has 8 heteroatoms. The van der Waals surface area contributed by atoms with Crippen LogP contribution in [0.2, 0.25) is 0 Å². The van der Waals surface area contributed by atoms with Crippen molar-refractivity contribution < 1.29 is 14.3 Å². The van der Waals surface area contributed by atoms with Gasteiger partial charge < -0.3 is 20.3 Å². The minimum atomic E-state index is -0.326. The molecule has 2 heterocycles. The number of morpholine rings is 1. The van der Waals surface area contributed by atoms with Crippen molar-refractivity contribution in [2.24, 2.45) is 0 Å². The van der Waals surface area contributed by atoms with Crippen LogP contribution in [0.1, 0.15) is 21.7 Å². The fraction of sp³-hybridized carbons (Fsp3) is 0.368. The minimum Gasteiger partial charge on any atom is -0.378 e. The van der Waals surface area contributed by atoms with E-state index in [1.54, 1.807) is 24.3 Å². The molecule has 0 atom stereocenters. The number of aromatic nitrogens is 2. The number of hydrogen-bond donors (Lipinski definition) is 2. The molecule has 0 bridgehead atoms. The lowest BCUT2D eigenvalue weighted by Crippen LogP contribution is -2.37. The molecule has 142 valence electrons. The van der Waals surface area contributed by atoms with Crippen molar-refractivity contribution in [3.8, 4) is 0 Å². The number of hydrogen-bond acceptors (Lipinski definition) is 6. The summed E-state index contributed by atoms with van der Waals surface area (Å²) in [6, 6.07) is 8.76. The van der Waals surface area contributed by atoms with Gasteiger partial charge >= 0.3 is 0 Å². The lowest BCUT2D eigenvalue weighted by molar-refractivity contribution is -0.115. The monoisotopic (exact) mass is 369 g/mol. The lowest BCUT2D eigenvalue weighted by Gasteiger charge is -2.27. The summed E-state index contributed by atoms with van der Waals surface area (Å²) in [7, 11) is 0. The van der Waals surface area contributed by atoms with Gasteiger partial charge in [0.05, 0.1) is 36.8 Å². The van der Waals surface area contributed by atoms with Gasteiger partial charge in [-0.25, -0.2) is 9.97 Å². The van der Waals surface area contributed by atoms with Crippen molar-refractivity contribution in [2.45, 2.75) is 13.8 Å². The maximum absolute atomic E-state index is 12.2. The van der Waals surface area contributed by atoms with Crippen LogP contribution in [0.3, 0.4) is 0 Å². The molecule has 1 aromatic carbocycles. The molecule has 27 heavy (non-hydrogen) atoms. The highest BCUT2D eigenvalue weighted by Crippen LogP contribution is 2.21. The molecule has 1 aliphatic rings. The van der Waals surface area contributed by atoms with Crippen molar-refractivity contribution in [1.82, 2.24) is 15.3 Å². The highest BCUT2D eigenvalue weighted by Gasteiger charge is 2.18. The fourth-order valence-corrected chi connectivity index (χ4v) is 2.82. The zero-order valence-electron chi connectivity index (χ0n) is 15.5. The van der Waals surface area contributed by atoms with Gasteiger partial charge in [-0.15, -0.1) is 0 Å². The summed E-state index contributed by atoms with van der Waals surface area (Å²) in [6.07, 6.45) is 0. The summed E-state index contributed by atoms with van der Waals surface area (Å²) in [4.78, 5) is 35.3. The number of nitrogens with zero attached hydrogens (tertiary/aromatic N) is 3. The average Bonchev–Trinajstić information content (AvgIpc) is 2.70. The molecule has 1 saturated heterocycles. The number of anilines is 2. The Morgan fingerprint density at radius 3 is 2.33 bits per heavy atom. The van der Waals surface area contributed by atoms with Crippen molar-refractivity contribution in [1.29, 1.82) is 0 Å². The van der Waals surface area contributed by atoms with Crippen molar-refractivity contribution in [2.75, 3.05) is 43.1 Å². The molecule has 2 amide bonds. The van der Waals surface area contributed by atoms with Crippen LogP contribution >= 0.6 is 0 Å². The number of aryl methyl sites for hydroxylation is 2. The smallest absolute Gasteiger partial charge is 0.251 e. The summed E-state index contributed by atoms with van der Waals surface area (Å²) in [6.45, 7) is 6.33. The van der Waals surface area contributed by atoms with Gasteiger partial charge in [-0.3, -0.25) is 9.59 Å². The van der Waals surface area contributed by atoms with E-state index in [1.165, 1.54) is 0 Å². The molecular weight excluding hydrogens is 346 g/mol. The molecule has 0 radical (unpaired) electrons. The van der Waals surface area contributed by atoms with Gasteiger partial charge in [-0.1, -0.05) is 18.2 Å². The molecule has 2 N–H and O–H groups in total. The number of rotatable bonds is 5. The molecule has 0 saturated carbocycles. The molecule has 8 nitrogen and oxygen atoms in total. The minimum absolute atomic E-state index is 0.127. The molecular formula is C19H23N5O3. The molecule has 0 unspecified atom stereocenters. The summed E-state index contributed by atoms with van der Waals surface area (Å²) in [5.74, 6) is 0.0231. The van der Waals surface area contributed by atoms with Gasteiger partial charge in [-0.05, 0) is 26.0 Å². The van der Waals surface area contributed by atoms with E-state index >= 15 is 0 Å². The Morgan fingerprint density at radius 1 is 1.07 bits per heavy atom. The molecule has 2 aromatic rings. The largest absolute Gasteiger partial charge is 0.378 e. The maximum Gasteiger partial charge on any atom is 0.251 e.